The lowest BCUT2D eigenvalue weighted by Crippen LogP contribution is -2.18. The number of benzene rings is 2. The predicted molar refractivity (Wildman–Crippen MR) is 96.7 cm³/mol. The zero-order chi connectivity index (χ0) is 16.2. The molecule has 0 fully saturated rings. The quantitative estimate of drug-likeness (QED) is 0.729. The summed E-state index contributed by atoms with van der Waals surface area (Å²) in [7, 11) is 2.11. The van der Waals surface area contributed by atoms with Gasteiger partial charge >= 0.3 is 0 Å². The zero-order valence-corrected chi connectivity index (χ0v) is 14.1. The van der Waals surface area contributed by atoms with Gasteiger partial charge in [0, 0.05) is 12.1 Å². The Morgan fingerprint density at radius 1 is 1.09 bits per heavy atom. The predicted octanol–water partition coefficient (Wildman–Crippen LogP) is 4.88. The van der Waals surface area contributed by atoms with Gasteiger partial charge in [0.25, 0.3) is 0 Å². The average Bonchev–Trinajstić information content (AvgIpc) is 2.46. The Morgan fingerprint density at radius 3 is 2.50 bits per heavy atom. The van der Waals surface area contributed by atoms with Gasteiger partial charge in [0.15, 0.2) is 0 Å². The van der Waals surface area contributed by atoms with E-state index in [1.807, 2.05) is 0 Å². The third kappa shape index (κ3) is 4.23. The second-order valence-corrected chi connectivity index (χ2v) is 6.84. The van der Waals surface area contributed by atoms with E-state index >= 15 is 0 Å². The van der Waals surface area contributed by atoms with Gasteiger partial charge in [-0.15, -0.1) is 0 Å². The van der Waals surface area contributed by atoms with Gasteiger partial charge in [-0.1, -0.05) is 81.7 Å². The summed E-state index contributed by atoms with van der Waals surface area (Å²) in [4.78, 5) is 2.24. The minimum Gasteiger partial charge on any atom is -0.291 e. The molecule has 0 unspecified atom stereocenters. The standard InChI is InChI=1S/C21H25N/c1-17(21(2,3)4)10-9-15-22(5)16-19-13-8-12-18-11-6-7-14-20(18)19/h6-8,11-14H,1,15-16H2,2-5H3. The number of hydrogen-bond donors (Lipinski definition) is 0. The summed E-state index contributed by atoms with van der Waals surface area (Å²) in [6, 6.07) is 15.0. The Labute approximate surface area is 134 Å². The Kier molecular flexibility index (Phi) is 5.06. The number of fused-ring (bicyclic) bond motifs is 1. The smallest absolute Gasteiger partial charge is 0.0605 e. The first-order valence-electron chi connectivity index (χ1n) is 7.71. The van der Waals surface area contributed by atoms with Crippen LogP contribution in [-0.4, -0.2) is 18.5 Å². The van der Waals surface area contributed by atoms with Crippen LogP contribution in [0, 0.1) is 17.3 Å². The molecular formula is C21H25N. The Balaban J connectivity index is 2.05. The second kappa shape index (κ2) is 6.81. The molecule has 0 saturated carbocycles. The summed E-state index contributed by atoms with van der Waals surface area (Å²) in [6.45, 7) is 12.1. The number of hydrogen-bond acceptors (Lipinski definition) is 1. The van der Waals surface area contributed by atoms with E-state index in [4.69, 9.17) is 0 Å². The van der Waals surface area contributed by atoms with E-state index in [0.717, 1.165) is 18.7 Å². The third-order valence-electron chi connectivity index (χ3n) is 3.81. The molecule has 1 nitrogen and oxygen atoms in total. The fraction of sp³-hybridized carbons (Fsp3) is 0.333. The molecule has 0 amide bonds. The molecule has 0 aliphatic heterocycles. The van der Waals surface area contributed by atoms with E-state index in [1.165, 1.54) is 16.3 Å². The van der Waals surface area contributed by atoms with Crippen LogP contribution in [-0.2, 0) is 6.54 Å². The Hall–Kier alpha value is -2.04. The van der Waals surface area contributed by atoms with E-state index in [1.54, 1.807) is 0 Å². The van der Waals surface area contributed by atoms with E-state index in [0.29, 0.717) is 0 Å². The molecule has 1 heteroatoms. The van der Waals surface area contributed by atoms with Crippen molar-refractivity contribution in [3.63, 3.8) is 0 Å². The van der Waals surface area contributed by atoms with Crippen LogP contribution in [0.2, 0.25) is 0 Å². The van der Waals surface area contributed by atoms with Gasteiger partial charge in [-0.25, -0.2) is 0 Å². The van der Waals surface area contributed by atoms with E-state index in [2.05, 4.69) is 93.6 Å². The van der Waals surface area contributed by atoms with E-state index in [9.17, 15) is 0 Å². The summed E-state index contributed by atoms with van der Waals surface area (Å²) < 4.78 is 0. The van der Waals surface area contributed by atoms with Crippen molar-refractivity contribution in [2.75, 3.05) is 13.6 Å². The van der Waals surface area contributed by atoms with Gasteiger partial charge in [0.05, 0.1) is 6.54 Å². The first-order chi connectivity index (χ1) is 10.4. The lowest BCUT2D eigenvalue weighted by atomic mass is 9.88. The summed E-state index contributed by atoms with van der Waals surface area (Å²) in [5, 5.41) is 2.62. The van der Waals surface area contributed by atoms with Crippen LogP contribution in [0.1, 0.15) is 26.3 Å². The molecular weight excluding hydrogens is 266 g/mol. The van der Waals surface area contributed by atoms with E-state index < -0.39 is 0 Å². The molecule has 2 aromatic rings. The van der Waals surface area contributed by atoms with Crippen molar-refractivity contribution in [2.45, 2.75) is 27.3 Å². The molecule has 0 radical (unpaired) electrons. The maximum Gasteiger partial charge on any atom is 0.0605 e. The van der Waals surface area contributed by atoms with Gasteiger partial charge in [0.2, 0.25) is 0 Å². The van der Waals surface area contributed by atoms with Crippen molar-refractivity contribution in [3.8, 4) is 11.8 Å². The lowest BCUT2D eigenvalue weighted by molar-refractivity contribution is 0.370. The maximum atomic E-state index is 4.06. The summed E-state index contributed by atoms with van der Waals surface area (Å²) in [6.07, 6.45) is 0. The largest absolute Gasteiger partial charge is 0.291 e. The second-order valence-electron chi connectivity index (χ2n) is 6.84. The van der Waals surface area contributed by atoms with Gasteiger partial charge in [-0.05, 0) is 28.8 Å². The topological polar surface area (TPSA) is 3.24 Å². The van der Waals surface area contributed by atoms with Gasteiger partial charge in [0.1, 0.15) is 0 Å². The molecule has 2 rings (SSSR count). The average molecular weight is 291 g/mol. The third-order valence-corrected chi connectivity index (χ3v) is 3.81. The van der Waals surface area contributed by atoms with Crippen LogP contribution in [0.4, 0.5) is 0 Å². The van der Waals surface area contributed by atoms with Gasteiger partial charge in [-0.3, -0.25) is 4.90 Å². The first-order valence-corrected chi connectivity index (χ1v) is 7.71. The number of nitrogens with zero attached hydrogens (tertiary/aromatic N) is 1. The monoisotopic (exact) mass is 291 g/mol. The molecule has 0 aromatic heterocycles. The van der Waals surface area contributed by atoms with Crippen LogP contribution >= 0.6 is 0 Å². The Morgan fingerprint density at radius 2 is 1.77 bits per heavy atom. The molecule has 22 heavy (non-hydrogen) atoms. The molecule has 0 spiro atoms. The number of allylic oxidation sites excluding steroid dienone is 1. The molecule has 0 bridgehead atoms. The molecule has 2 aromatic carbocycles. The Bertz CT molecular complexity index is 717. The fourth-order valence-corrected chi connectivity index (χ4v) is 2.25. The zero-order valence-electron chi connectivity index (χ0n) is 14.1. The van der Waals surface area contributed by atoms with Crippen LogP contribution in [0.15, 0.2) is 54.6 Å². The van der Waals surface area contributed by atoms with Crippen LogP contribution in [0.25, 0.3) is 10.8 Å². The molecule has 0 heterocycles. The molecule has 0 saturated heterocycles. The van der Waals surface area contributed by atoms with Crippen LogP contribution < -0.4 is 0 Å². The summed E-state index contributed by atoms with van der Waals surface area (Å²) in [5.74, 6) is 6.43. The lowest BCUT2D eigenvalue weighted by Gasteiger charge is -2.17. The van der Waals surface area contributed by atoms with Crippen molar-refractivity contribution < 1.29 is 0 Å². The SMILES string of the molecule is C=C(C#CCN(C)Cc1cccc2ccccc12)C(C)(C)C. The minimum atomic E-state index is 0.0567. The van der Waals surface area contributed by atoms with Crippen molar-refractivity contribution in [1.29, 1.82) is 0 Å². The maximum absolute atomic E-state index is 4.06. The van der Waals surface area contributed by atoms with Crippen molar-refractivity contribution in [1.82, 2.24) is 4.90 Å². The number of rotatable bonds is 3. The van der Waals surface area contributed by atoms with Gasteiger partial charge < -0.3 is 0 Å². The van der Waals surface area contributed by atoms with Gasteiger partial charge in [-0.2, -0.15) is 0 Å². The summed E-state index contributed by atoms with van der Waals surface area (Å²) in [5.41, 5.74) is 2.39. The molecule has 0 atom stereocenters. The molecule has 0 aliphatic rings. The van der Waals surface area contributed by atoms with Crippen molar-refractivity contribution in [3.05, 3.63) is 60.2 Å². The van der Waals surface area contributed by atoms with Crippen LogP contribution in [0.3, 0.4) is 0 Å². The highest BCUT2D eigenvalue weighted by Crippen LogP contribution is 2.22. The highest BCUT2D eigenvalue weighted by Gasteiger charge is 2.12. The van der Waals surface area contributed by atoms with E-state index in [-0.39, 0.29) is 5.41 Å². The first kappa shape index (κ1) is 16.3. The highest BCUT2D eigenvalue weighted by molar-refractivity contribution is 5.85. The van der Waals surface area contributed by atoms with Crippen molar-refractivity contribution >= 4 is 10.8 Å². The molecule has 0 aliphatic carbocycles. The van der Waals surface area contributed by atoms with Crippen molar-refractivity contribution in [2.24, 2.45) is 5.41 Å². The minimum absolute atomic E-state index is 0.0567. The summed E-state index contributed by atoms with van der Waals surface area (Å²) >= 11 is 0. The normalized spacial score (nSPS) is 11.3. The fourth-order valence-electron chi connectivity index (χ4n) is 2.25. The highest BCUT2D eigenvalue weighted by atomic mass is 15.1. The molecule has 0 N–H and O–H groups in total. The molecule has 114 valence electrons. The van der Waals surface area contributed by atoms with Crippen LogP contribution in [0.5, 0.6) is 0 Å².